The standard InChI is InChI=1S/C51H80N14O17S3/c1-31(66)25-82-26-41(68)55-14-16-79-18-20-81-21-19-80-17-15-56-45(73)37-27-83-30-42(69)59-34(10-5-6-12-52)46(74)64-38-28-84-85-29-39(50(78)62-35(47(75)63-37)22-32-8-3-2-4-9-32)65-48(76)36(23-43(70)71)60-40(67)24-58-44(72)33(61-49(38)77)11-7-13-57-51(53)54/h2-4,8-9,33-39H,5-7,10-30,52H2,1H3,(H,55,68)(H,56,73)(H,58,72)(H,59,69)(H,60,67)(H,61,77)(H,62,78)(H,63,75)(H,64,74)(H,65,76)(H,70,71)(H4,53,54,57)/t33-,34-,35-,36-,37-,38-,39-/m0/s1. The summed E-state index contributed by atoms with van der Waals surface area (Å²) in [5.41, 5.74) is 17.3. The number of carbonyl (C=O) groups is 12. The van der Waals surface area contributed by atoms with E-state index in [0.717, 1.165) is 33.3 Å². The molecule has 2 fully saturated rings. The summed E-state index contributed by atoms with van der Waals surface area (Å²) in [5.74, 6) is -11.3. The van der Waals surface area contributed by atoms with E-state index in [1.54, 1.807) is 30.3 Å². The molecule has 1 aromatic rings. The molecule has 31 nitrogen and oxygen atoms in total. The SMILES string of the molecule is CC(=O)COCC(=O)NCCOCCOCCOCCNC(=O)[C@@H]1CSCC(=O)N[C@@H](CCCCN)C(=O)N[C@H]2CSSC[C@H](NC(=O)[C@H](CC(=O)O)NC(=O)CNC(=O)[C@H](CCCN=C(N)N)NC2=O)C(=O)N[C@@H](Cc2ccccc2)C(=O)N1. The largest absolute Gasteiger partial charge is 0.481 e. The Morgan fingerprint density at radius 3 is 1.80 bits per heavy atom. The lowest BCUT2D eigenvalue weighted by Crippen LogP contribution is -2.60. The van der Waals surface area contributed by atoms with Gasteiger partial charge in [0, 0.05) is 43.3 Å². The fourth-order valence-corrected chi connectivity index (χ4v) is 10.9. The minimum atomic E-state index is -1.80. The highest BCUT2D eigenvalue weighted by molar-refractivity contribution is 8.76. The minimum Gasteiger partial charge on any atom is -0.481 e. The van der Waals surface area contributed by atoms with E-state index in [-0.39, 0.29) is 145 Å². The lowest BCUT2D eigenvalue weighted by Gasteiger charge is -2.27. The van der Waals surface area contributed by atoms with Crippen LogP contribution in [0.15, 0.2) is 35.3 Å². The van der Waals surface area contributed by atoms with Gasteiger partial charge >= 0.3 is 5.97 Å². The van der Waals surface area contributed by atoms with Crippen LogP contribution in [0, 0.1) is 0 Å². The summed E-state index contributed by atoms with van der Waals surface area (Å²) in [6, 6.07) is -1.69. The average molecular weight is 1260 g/mol. The van der Waals surface area contributed by atoms with Crippen molar-refractivity contribution in [2.45, 2.75) is 94.2 Å². The number of ether oxygens (including phenoxy) is 4. The topological polar surface area (TPSA) is 473 Å². The summed E-state index contributed by atoms with van der Waals surface area (Å²) < 4.78 is 21.5. The van der Waals surface area contributed by atoms with Crippen molar-refractivity contribution in [1.82, 2.24) is 53.2 Å². The van der Waals surface area contributed by atoms with Gasteiger partial charge in [0.2, 0.25) is 59.1 Å². The summed E-state index contributed by atoms with van der Waals surface area (Å²) in [4.78, 5) is 165. The third kappa shape index (κ3) is 31.8. The fourth-order valence-electron chi connectivity index (χ4n) is 7.67. The van der Waals surface area contributed by atoms with Crippen LogP contribution in [0.3, 0.4) is 0 Å². The van der Waals surface area contributed by atoms with Crippen LogP contribution in [0.25, 0.3) is 0 Å². The van der Waals surface area contributed by atoms with Gasteiger partial charge in [0.05, 0.1) is 58.4 Å². The number of unbranched alkanes of at least 4 members (excludes halogenated alkanes) is 1. The molecule has 0 saturated carbocycles. The first-order valence-corrected chi connectivity index (χ1v) is 31.0. The monoisotopic (exact) mass is 1260 g/mol. The third-order valence-electron chi connectivity index (χ3n) is 11.9. The zero-order valence-corrected chi connectivity index (χ0v) is 49.7. The van der Waals surface area contributed by atoms with Crippen molar-refractivity contribution in [2.75, 3.05) is 109 Å². The van der Waals surface area contributed by atoms with Crippen molar-refractivity contribution < 1.29 is 81.6 Å². The summed E-state index contributed by atoms with van der Waals surface area (Å²) in [6.07, 6.45) is -0.147. The zero-order valence-electron chi connectivity index (χ0n) is 47.3. The lowest BCUT2D eigenvalue weighted by molar-refractivity contribution is -0.141. The molecule has 2 aliphatic rings. The van der Waals surface area contributed by atoms with Crippen molar-refractivity contribution in [2.24, 2.45) is 22.2 Å². The third-order valence-corrected chi connectivity index (χ3v) is 15.4. The Labute approximate surface area is 503 Å². The quantitative estimate of drug-likeness (QED) is 0.0154. The summed E-state index contributed by atoms with van der Waals surface area (Å²) >= 11 is 0.933. The molecular formula is C51H80N14O17S3. The molecule has 17 N–H and O–H groups in total. The van der Waals surface area contributed by atoms with Crippen LogP contribution in [0.5, 0.6) is 0 Å². The number of amides is 10. The smallest absolute Gasteiger partial charge is 0.305 e. The van der Waals surface area contributed by atoms with Gasteiger partial charge in [-0.15, -0.1) is 11.8 Å². The molecule has 0 radical (unpaired) electrons. The molecule has 0 aliphatic carbocycles. The van der Waals surface area contributed by atoms with Crippen molar-refractivity contribution in [3.63, 3.8) is 0 Å². The molecule has 0 aromatic heterocycles. The molecule has 2 bridgehead atoms. The van der Waals surface area contributed by atoms with Crippen molar-refractivity contribution in [3.05, 3.63) is 35.9 Å². The molecule has 85 heavy (non-hydrogen) atoms. The number of benzene rings is 1. The number of carboxylic acid groups (broad SMARTS) is 1. The highest BCUT2D eigenvalue weighted by Crippen LogP contribution is 2.24. The first-order valence-electron chi connectivity index (χ1n) is 27.3. The van der Waals surface area contributed by atoms with Crippen LogP contribution >= 0.6 is 33.3 Å². The first-order chi connectivity index (χ1) is 40.8. The molecule has 7 atom stereocenters. The van der Waals surface area contributed by atoms with Gasteiger partial charge in [-0.05, 0) is 51.1 Å². The van der Waals surface area contributed by atoms with Gasteiger partial charge in [0.15, 0.2) is 11.7 Å². The van der Waals surface area contributed by atoms with Crippen molar-refractivity contribution in [1.29, 1.82) is 0 Å². The number of Topliss-reactive ketones (excluding diaryl/α,β-unsaturated/α-hetero) is 1. The van der Waals surface area contributed by atoms with E-state index in [0.29, 0.717) is 18.4 Å². The number of nitrogens with zero attached hydrogens (tertiary/aromatic N) is 1. The van der Waals surface area contributed by atoms with E-state index in [9.17, 15) is 62.6 Å². The summed E-state index contributed by atoms with van der Waals surface area (Å²) in [7, 11) is 1.89. The fraction of sp³-hybridized carbons (Fsp3) is 0.627. The van der Waals surface area contributed by atoms with Gasteiger partial charge in [0.1, 0.15) is 55.5 Å². The number of thioether (sulfide) groups is 1. The maximum atomic E-state index is 14.5. The molecule has 3 rings (SSSR count). The molecule has 34 heteroatoms. The second-order valence-corrected chi connectivity index (χ2v) is 22.6. The van der Waals surface area contributed by atoms with E-state index >= 15 is 0 Å². The van der Waals surface area contributed by atoms with Crippen molar-refractivity contribution in [3.8, 4) is 0 Å². The van der Waals surface area contributed by atoms with E-state index in [1.807, 2.05) is 0 Å². The van der Waals surface area contributed by atoms with Gasteiger partial charge in [-0.1, -0.05) is 51.9 Å². The van der Waals surface area contributed by atoms with Crippen LogP contribution in [0.1, 0.15) is 51.0 Å². The number of fused-ring (bicyclic) bond motifs is 5. The summed E-state index contributed by atoms with van der Waals surface area (Å²) in [6.45, 7) is 1.58. The lowest BCUT2D eigenvalue weighted by atomic mass is 10.0. The molecule has 10 amide bonds. The number of nitrogens with one attached hydrogen (secondary N) is 10. The predicted molar refractivity (Wildman–Crippen MR) is 314 cm³/mol. The molecular weight excluding hydrogens is 1180 g/mol. The highest BCUT2D eigenvalue weighted by Gasteiger charge is 2.35. The molecule has 2 aliphatic heterocycles. The number of rotatable bonds is 29. The predicted octanol–water partition coefficient (Wildman–Crippen LogP) is -5.57. The minimum absolute atomic E-state index is 0.0111. The Balaban J connectivity index is 1.92. The van der Waals surface area contributed by atoms with Crippen molar-refractivity contribution >= 4 is 110 Å². The molecule has 0 spiro atoms. The first kappa shape index (κ1) is 72.4. The van der Waals surface area contributed by atoms with Crippen LogP contribution in [-0.4, -0.2) is 233 Å². The number of hydrogen-bond acceptors (Lipinski definition) is 21. The summed E-state index contributed by atoms with van der Waals surface area (Å²) in [5, 5.41) is 35.5. The number of carboxylic acids is 1. The Morgan fingerprint density at radius 2 is 1.19 bits per heavy atom. The number of guanidine groups is 1. The van der Waals surface area contributed by atoms with Gasteiger partial charge in [-0.25, -0.2) is 0 Å². The Morgan fingerprint density at radius 1 is 0.624 bits per heavy atom. The van der Waals surface area contributed by atoms with Crippen LogP contribution < -0.4 is 70.4 Å². The Bertz CT molecular complexity index is 2400. The number of hydrogen-bond donors (Lipinski definition) is 14. The van der Waals surface area contributed by atoms with Crippen LogP contribution in [0.4, 0.5) is 0 Å². The van der Waals surface area contributed by atoms with Crippen LogP contribution in [-0.2, 0) is 82.9 Å². The zero-order chi connectivity index (χ0) is 62.4. The van der Waals surface area contributed by atoms with E-state index in [1.165, 1.54) is 6.92 Å². The van der Waals surface area contributed by atoms with E-state index < -0.39 is 114 Å². The molecule has 0 unspecified atom stereocenters. The van der Waals surface area contributed by atoms with Gasteiger partial charge in [0.25, 0.3) is 0 Å². The normalized spacial score (nSPS) is 21.7. The van der Waals surface area contributed by atoms with Gasteiger partial charge < -0.3 is 94.4 Å². The average Bonchev–Trinajstić information content (AvgIpc) is 3.57. The highest BCUT2D eigenvalue weighted by atomic mass is 33.1. The Hall–Kier alpha value is -6.82. The number of carbonyl (C=O) groups excluding carboxylic acids is 11. The maximum absolute atomic E-state index is 14.5. The van der Waals surface area contributed by atoms with Gasteiger partial charge in [-0.2, -0.15) is 0 Å². The number of aliphatic carboxylic acids is 1. The maximum Gasteiger partial charge on any atom is 0.305 e. The van der Waals surface area contributed by atoms with E-state index in [4.69, 9.17) is 36.1 Å². The molecule has 2 heterocycles. The van der Waals surface area contributed by atoms with E-state index in [2.05, 4.69) is 58.2 Å². The van der Waals surface area contributed by atoms with Gasteiger partial charge in [-0.3, -0.25) is 62.5 Å². The second kappa shape index (κ2) is 42.1. The number of ketones is 1. The van der Waals surface area contributed by atoms with Crippen LogP contribution in [0.2, 0.25) is 0 Å². The molecule has 1 aromatic carbocycles. The molecule has 2 saturated heterocycles. The second-order valence-electron chi connectivity index (χ2n) is 19.0. The Kier molecular flexibility index (Phi) is 35.9. The molecule has 474 valence electrons. The number of aliphatic imine (C=N–C) groups is 1. The number of nitrogens with two attached hydrogens (primary N) is 3.